The lowest BCUT2D eigenvalue weighted by molar-refractivity contribution is 1.10. The molecule has 212 valence electrons. The molecule has 0 radical (unpaired) electrons. The molecule has 1 aliphatic rings. The summed E-state index contributed by atoms with van der Waals surface area (Å²) in [5.74, 6) is 0.947. The van der Waals surface area contributed by atoms with Crippen LogP contribution >= 0.6 is 0 Å². The van der Waals surface area contributed by atoms with E-state index in [2.05, 4.69) is 162 Å². The van der Waals surface area contributed by atoms with Crippen molar-refractivity contribution in [1.82, 2.24) is 9.55 Å². The largest absolute Gasteiger partial charge is 0.292 e. The summed E-state index contributed by atoms with van der Waals surface area (Å²) in [4.78, 5) is 5.60. The number of benzene rings is 7. The quantitative estimate of drug-likeness (QED) is 0.205. The van der Waals surface area contributed by atoms with E-state index in [0.717, 1.165) is 41.0 Å². The van der Waals surface area contributed by atoms with Crippen molar-refractivity contribution >= 4 is 44.7 Å². The van der Waals surface area contributed by atoms with Crippen LogP contribution in [-0.4, -0.2) is 9.55 Å². The van der Waals surface area contributed by atoms with E-state index in [4.69, 9.17) is 4.98 Å². The molecule has 1 aliphatic carbocycles. The normalized spacial score (nSPS) is 12.6. The van der Waals surface area contributed by atoms with Gasteiger partial charge in [-0.25, -0.2) is 4.98 Å². The Labute approximate surface area is 261 Å². The van der Waals surface area contributed by atoms with Gasteiger partial charge < -0.3 is 0 Å². The molecular formula is C43H30N2. The molecule has 7 aromatic carbocycles. The molecular weight excluding hydrogens is 544 g/mol. The molecule has 2 nitrogen and oxygen atoms in total. The molecule has 8 aromatic rings. The second-order valence-electron chi connectivity index (χ2n) is 11.9. The SMILES string of the molecule is C1=c2c(-c3ccc4ccccc4c3)c3nc(-c4ccccc4)n(-c4ccccc4)c3c(-c3ccc4ccccc4c3)c2=CCC1. The highest BCUT2D eigenvalue weighted by Gasteiger charge is 2.24. The third-order valence-electron chi connectivity index (χ3n) is 9.17. The number of imidazole rings is 1. The van der Waals surface area contributed by atoms with Crippen LogP contribution in [0.1, 0.15) is 12.8 Å². The fourth-order valence-electron chi connectivity index (χ4n) is 7.11. The Kier molecular flexibility index (Phi) is 5.99. The summed E-state index contributed by atoms with van der Waals surface area (Å²) in [5, 5.41) is 7.55. The number of hydrogen-bond donors (Lipinski definition) is 0. The predicted octanol–water partition coefficient (Wildman–Crippen LogP) is 9.69. The van der Waals surface area contributed by atoms with Gasteiger partial charge in [-0.1, -0.05) is 133 Å². The summed E-state index contributed by atoms with van der Waals surface area (Å²) in [5.41, 5.74) is 9.22. The summed E-state index contributed by atoms with van der Waals surface area (Å²) >= 11 is 0. The van der Waals surface area contributed by atoms with Crippen LogP contribution in [0.5, 0.6) is 0 Å². The first-order valence-corrected chi connectivity index (χ1v) is 15.7. The van der Waals surface area contributed by atoms with Crippen LogP contribution < -0.4 is 10.4 Å². The number of rotatable bonds is 4. The summed E-state index contributed by atoms with van der Waals surface area (Å²) < 4.78 is 2.39. The molecule has 0 bridgehead atoms. The lowest BCUT2D eigenvalue weighted by Crippen LogP contribution is -2.31. The van der Waals surface area contributed by atoms with Gasteiger partial charge in [0.1, 0.15) is 5.82 Å². The Balaban J connectivity index is 1.51. The molecule has 0 atom stereocenters. The predicted molar refractivity (Wildman–Crippen MR) is 190 cm³/mol. The Morgan fingerprint density at radius 2 is 0.956 bits per heavy atom. The van der Waals surface area contributed by atoms with Crippen LogP contribution in [0.2, 0.25) is 0 Å². The second kappa shape index (κ2) is 10.5. The maximum Gasteiger partial charge on any atom is 0.145 e. The third kappa shape index (κ3) is 4.22. The molecule has 0 N–H and O–H groups in total. The van der Waals surface area contributed by atoms with Gasteiger partial charge in [0.25, 0.3) is 0 Å². The topological polar surface area (TPSA) is 17.8 Å². The van der Waals surface area contributed by atoms with E-state index < -0.39 is 0 Å². The average Bonchev–Trinajstić information content (AvgIpc) is 3.51. The Bertz CT molecular complexity index is 2520. The van der Waals surface area contributed by atoms with E-state index in [1.807, 2.05) is 0 Å². The third-order valence-corrected chi connectivity index (χ3v) is 9.17. The fraction of sp³-hybridized carbons (Fsp3) is 0.0465. The van der Waals surface area contributed by atoms with Gasteiger partial charge >= 0.3 is 0 Å². The lowest BCUT2D eigenvalue weighted by atomic mass is 9.89. The number of nitrogens with zero attached hydrogens (tertiary/aromatic N) is 2. The lowest BCUT2D eigenvalue weighted by Gasteiger charge is -2.18. The van der Waals surface area contributed by atoms with E-state index in [1.54, 1.807) is 0 Å². The van der Waals surface area contributed by atoms with E-state index >= 15 is 0 Å². The van der Waals surface area contributed by atoms with Gasteiger partial charge in [0.15, 0.2) is 0 Å². The van der Waals surface area contributed by atoms with E-state index in [-0.39, 0.29) is 0 Å². The van der Waals surface area contributed by atoms with Crippen LogP contribution in [0.3, 0.4) is 0 Å². The number of fused-ring (bicyclic) bond motifs is 4. The highest BCUT2D eigenvalue weighted by atomic mass is 15.1. The first-order valence-electron chi connectivity index (χ1n) is 15.7. The van der Waals surface area contributed by atoms with Gasteiger partial charge in [-0.05, 0) is 80.2 Å². The monoisotopic (exact) mass is 574 g/mol. The molecule has 1 aromatic heterocycles. The van der Waals surface area contributed by atoms with Gasteiger partial charge in [-0.2, -0.15) is 0 Å². The maximum atomic E-state index is 5.60. The van der Waals surface area contributed by atoms with Crippen molar-refractivity contribution in [3.63, 3.8) is 0 Å². The molecule has 0 amide bonds. The molecule has 1 heterocycles. The fourth-order valence-corrected chi connectivity index (χ4v) is 7.11. The van der Waals surface area contributed by atoms with E-state index in [9.17, 15) is 0 Å². The zero-order valence-corrected chi connectivity index (χ0v) is 24.8. The Morgan fingerprint density at radius 3 is 1.58 bits per heavy atom. The molecule has 0 unspecified atom stereocenters. The van der Waals surface area contributed by atoms with Crippen LogP contribution in [-0.2, 0) is 0 Å². The minimum absolute atomic E-state index is 0.947. The maximum absolute atomic E-state index is 5.60. The van der Waals surface area contributed by atoms with Crippen LogP contribution in [0.15, 0.2) is 146 Å². The Hall–Kier alpha value is -5.73. The zero-order chi connectivity index (χ0) is 29.7. The molecule has 0 saturated carbocycles. The number of para-hydroxylation sites is 1. The Morgan fingerprint density at radius 1 is 0.444 bits per heavy atom. The van der Waals surface area contributed by atoms with Crippen molar-refractivity contribution in [2.75, 3.05) is 0 Å². The first kappa shape index (κ1) is 25.7. The summed E-state index contributed by atoms with van der Waals surface area (Å²) in [7, 11) is 0. The van der Waals surface area contributed by atoms with Crippen LogP contribution in [0.25, 0.3) is 84.1 Å². The molecule has 0 saturated heterocycles. The first-order chi connectivity index (χ1) is 22.3. The molecule has 0 aliphatic heterocycles. The summed E-state index contributed by atoms with van der Waals surface area (Å²) in [6.45, 7) is 0. The zero-order valence-electron chi connectivity index (χ0n) is 24.8. The van der Waals surface area contributed by atoms with E-state index in [1.165, 1.54) is 54.2 Å². The second-order valence-corrected chi connectivity index (χ2v) is 11.9. The van der Waals surface area contributed by atoms with Crippen molar-refractivity contribution in [3.8, 4) is 39.3 Å². The van der Waals surface area contributed by atoms with Crippen LogP contribution in [0, 0.1) is 0 Å². The summed E-state index contributed by atoms with van der Waals surface area (Å²) in [6, 6.07) is 52.4. The highest BCUT2D eigenvalue weighted by molar-refractivity contribution is 6.06. The molecule has 0 fully saturated rings. The van der Waals surface area contributed by atoms with Crippen molar-refractivity contribution in [3.05, 3.63) is 156 Å². The van der Waals surface area contributed by atoms with Crippen molar-refractivity contribution in [2.24, 2.45) is 0 Å². The van der Waals surface area contributed by atoms with Gasteiger partial charge in [-0.3, -0.25) is 4.57 Å². The molecule has 0 spiro atoms. The molecule has 9 rings (SSSR count). The number of hydrogen-bond acceptors (Lipinski definition) is 1. The number of aromatic nitrogens is 2. The van der Waals surface area contributed by atoms with Gasteiger partial charge in [0, 0.05) is 22.4 Å². The minimum atomic E-state index is 0.947. The van der Waals surface area contributed by atoms with Gasteiger partial charge in [0.05, 0.1) is 11.0 Å². The van der Waals surface area contributed by atoms with Crippen LogP contribution in [0.4, 0.5) is 0 Å². The van der Waals surface area contributed by atoms with Gasteiger partial charge in [0.2, 0.25) is 0 Å². The van der Waals surface area contributed by atoms with E-state index in [0.29, 0.717) is 0 Å². The highest BCUT2D eigenvalue weighted by Crippen LogP contribution is 2.38. The molecule has 2 heteroatoms. The van der Waals surface area contributed by atoms with Crippen molar-refractivity contribution < 1.29 is 0 Å². The standard InChI is InChI=1S/C43H30N2/c1-3-15-31(16-4-1)43-44-41-39(34-25-23-29-13-7-9-17-32(29)27-34)37-21-11-12-22-38(37)40(42(41)45(43)36-19-5-2-6-20-36)35-26-24-30-14-8-10-18-33(30)28-35/h1-10,13-28H,11-12H2. The summed E-state index contributed by atoms with van der Waals surface area (Å²) in [6.07, 6.45) is 6.92. The van der Waals surface area contributed by atoms with Crippen molar-refractivity contribution in [2.45, 2.75) is 12.8 Å². The molecule has 45 heavy (non-hydrogen) atoms. The minimum Gasteiger partial charge on any atom is -0.292 e. The smallest absolute Gasteiger partial charge is 0.145 e. The van der Waals surface area contributed by atoms with Crippen molar-refractivity contribution in [1.29, 1.82) is 0 Å². The van der Waals surface area contributed by atoms with Gasteiger partial charge in [-0.15, -0.1) is 0 Å². The average molecular weight is 575 g/mol.